The fraction of sp³-hybridized carbons (Fsp3) is 0.308. The summed E-state index contributed by atoms with van der Waals surface area (Å²) in [7, 11) is 0. The van der Waals surface area contributed by atoms with Crippen LogP contribution in [0, 0.1) is 34.5 Å². The third-order valence-electron chi connectivity index (χ3n) is 2.39. The molecule has 0 aliphatic rings. The molecule has 1 atom stereocenters. The lowest BCUT2D eigenvalue weighted by atomic mass is 9.96. The number of anilines is 1. The highest BCUT2D eigenvalue weighted by Crippen LogP contribution is 2.17. The van der Waals surface area contributed by atoms with E-state index in [1.165, 1.54) is 0 Å². The van der Waals surface area contributed by atoms with Crippen LogP contribution in [0.3, 0.4) is 0 Å². The molecule has 0 radical (unpaired) electrons. The Hall–Kier alpha value is -2.33. The zero-order valence-electron chi connectivity index (χ0n) is 9.77. The molecule has 0 fully saturated rings. The number of hydrogen-bond acceptors (Lipinski definition) is 3. The summed E-state index contributed by atoms with van der Waals surface area (Å²) in [6.45, 7) is 3.62. The molecule has 1 amide bonds. The van der Waals surface area contributed by atoms with Gasteiger partial charge in [0, 0.05) is 0 Å². The molecule has 1 unspecified atom stereocenters. The van der Waals surface area contributed by atoms with Crippen LogP contribution >= 0.6 is 0 Å². The number of amides is 1. The highest BCUT2D eigenvalue weighted by Gasteiger charge is 2.22. The Morgan fingerprint density at radius 1 is 1.29 bits per heavy atom. The van der Waals surface area contributed by atoms with Gasteiger partial charge < -0.3 is 5.32 Å². The van der Waals surface area contributed by atoms with Crippen molar-refractivity contribution in [3.8, 4) is 12.1 Å². The fourth-order valence-corrected chi connectivity index (χ4v) is 1.41. The number of nitriles is 2. The normalized spacial score (nSPS) is 11.4. The van der Waals surface area contributed by atoms with Crippen LogP contribution in [0.1, 0.15) is 19.4 Å². The lowest BCUT2D eigenvalue weighted by Crippen LogP contribution is -2.25. The molecule has 1 N–H and O–H groups in total. The van der Waals surface area contributed by atoms with Gasteiger partial charge in [0.25, 0.3) is 0 Å². The molecule has 17 heavy (non-hydrogen) atoms. The maximum atomic E-state index is 11.8. The van der Waals surface area contributed by atoms with Crippen molar-refractivity contribution < 1.29 is 4.79 Å². The van der Waals surface area contributed by atoms with Crippen LogP contribution in [0.5, 0.6) is 0 Å². The molecule has 0 spiro atoms. The van der Waals surface area contributed by atoms with Gasteiger partial charge in [-0.2, -0.15) is 10.5 Å². The molecular formula is C13H13N3O. The number of nitrogens with one attached hydrogen (secondary N) is 1. The van der Waals surface area contributed by atoms with Gasteiger partial charge in [-0.05, 0) is 18.1 Å². The summed E-state index contributed by atoms with van der Waals surface area (Å²) >= 11 is 0. The highest BCUT2D eigenvalue weighted by molar-refractivity contribution is 5.95. The smallest absolute Gasteiger partial charge is 0.242 e. The van der Waals surface area contributed by atoms with Gasteiger partial charge in [-0.3, -0.25) is 4.79 Å². The van der Waals surface area contributed by atoms with Crippen molar-refractivity contribution in [1.82, 2.24) is 0 Å². The number of rotatable bonds is 3. The van der Waals surface area contributed by atoms with Crippen LogP contribution in [0.4, 0.5) is 5.69 Å². The van der Waals surface area contributed by atoms with Crippen LogP contribution < -0.4 is 5.32 Å². The minimum atomic E-state index is -0.707. The highest BCUT2D eigenvalue weighted by atomic mass is 16.1. The van der Waals surface area contributed by atoms with Crippen LogP contribution in [-0.2, 0) is 4.79 Å². The second kappa shape index (κ2) is 5.67. The van der Waals surface area contributed by atoms with E-state index in [4.69, 9.17) is 10.5 Å². The molecule has 0 aliphatic heterocycles. The number of benzene rings is 1. The van der Waals surface area contributed by atoms with Gasteiger partial charge >= 0.3 is 0 Å². The first-order chi connectivity index (χ1) is 8.10. The Balaban J connectivity index is 2.89. The first kappa shape index (κ1) is 12.7. The first-order valence-corrected chi connectivity index (χ1v) is 5.29. The van der Waals surface area contributed by atoms with Gasteiger partial charge in [0.15, 0.2) is 0 Å². The lowest BCUT2D eigenvalue weighted by molar-refractivity contribution is -0.119. The van der Waals surface area contributed by atoms with Crippen molar-refractivity contribution in [3.05, 3.63) is 29.8 Å². The molecule has 0 aliphatic carbocycles. The van der Waals surface area contributed by atoms with Crippen LogP contribution in [0.25, 0.3) is 0 Å². The standard InChI is InChI=1S/C13H13N3O/c1-9(2)11(8-15)13(17)16-12-6-4-3-5-10(12)7-14/h3-6,9,11H,1-2H3,(H,16,17). The van der Waals surface area contributed by atoms with E-state index in [9.17, 15) is 4.79 Å². The Morgan fingerprint density at radius 3 is 2.47 bits per heavy atom. The summed E-state index contributed by atoms with van der Waals surface area (Å²) < 4.78 is 0. The SMILES string of the molecule is CC(C)C(C#N)C(=O)Nc1ccccc1C#N. The predicted molar refractivity (Wildman–Crippen MR) is 63.7 cm³/mol. The van der Waals surface area contributed by atoms with Gasteiger partial charge in [-0.15, -0.1) is 0 Å². The fourth-order valence-electron chi connectivity index (χ4n) is 1.41. The number of hydrogen-bond donors (Lipinski definition) is 1. The van der Waals surface area contributed by atoms with Gasteiger partial charge in [0.05, 0.1) is 17.3 Å². The summed E-state index contributed by atoms with van der Waals surface area (Å²) in [4.78, 5) is 11.8. The van der Waals surface area contributed by atoms with Gasteiger partial charge in [0.2, 0.25) is 5.91 Å². The summed E-state index contributed by atoms with van der Waals surface area (Å²) in [5.74, 6) is -1.14. The van der Waals surface area contributed by atoms with Crippen LogP contribution in [0.2, 0.25) is 0 Å². The van der Waals surface area contributed by atoms with E-state index >= 15 is 0 Å². The minimum Gasteiger partial charge on any atom is -0.324 e. The molecule has 0 aromatic heterocycles. The quantitative estimate of drug-likeness (QED) is 0.860. The molecule has 0 heterocycles. The van der Waals surface area contributed by atoms with E-state index in [1.54, 1.807) is 24.3 Å². The van der Waals surface area contributed by atoms with Crippen molar-refractivity contribution in [2.75, 3.05) is 5.32 Å². The summed E-state index contributed by atoms with van der Waals surface area (Å²) in [6, 6.07) is 10.7. The molecule has 86 valence electrons. The summed E-state index contributed by atoms with van der Waals surface area (Å²) in [5.41, 5.74) is 0.835. The lowest BCUT2D eigenvalue weighted by Gasteiger charge is -2.13. The summed E-state index contributed by atoms with van der Waals surface area (Å²) in [5, 5.41) is 20.4. The van der Waals surface area contributed by atoms with Crippen LogP contribution in [0.15, 0.2) is 24.3 Å². The maximum Gasteiger partial charge on any atom is 0.242 e. The van der Waals surface area contributed by atoms with E-state index in [2.05, 4.69) is 5.32 Å². The molecule has 1 aromatic rings. The third kappa shape index (κ3) is 3.06. The van der Waals surface area contributed by atoms with Crippen molar-refractivity contribution in [1.29, 1.82) is 10.5 Å². The van der Waals surface area contributed by atoms with Gasteiger partial charge in [0.1, 0.15) is 12.0 Å². The Morgan fingerprint density at radius 2 is 1.94 bits per heavy atom. The molecule has 1 rings (SSSR count). The van der Waals surface area contributed by atoms with Crippen molar-refractivity contribution in [2.45, 2.75) is 13.8 Å². The number of para-hydroxylation sites is 1. The zero-order chi connectivity index (χ0) is 12.8. The zero-order valence-corrected chi connectivity index (χ0v) is 9.77. The Bertz CT molecular complexity index is 494. The van der Waals surface area contributed by atoms with Crippen molar-refractivity contribution in [3.63, 3.8) is 0 Å². The number of carbonyl (C=O) groups is 1. The van der Waals surface area contributed by atoms with E-state index in [-0.39, 0.29) is 11.8 Å². The molecule has 4 heteroatoms. The van der Waals surface area contributed by atoms with Crippen molar-refractivity contribution in [2.24, 2.45) is 11.8 Å². The van der Waals surface area contributed by atoms with E-state index in [0.29, 0.717) is 11.3 Å². The van der Waals surface area contributed by atoms with E-state index < -0.39 is 5.92 Å². The van der Waals surface area contributed by atoms with E-state index in [0.717, 1.165) is 0 Å². The largest absolute Gasteiger partial charge is 0.324 e. The molecule has 0 saturated heterocycles. The average Bonchev–Trinajstić information content (AvgIpc) is 2.30. The van der Waals surface area contributed by atoms with Crippen molar-refractivity contribution >= 4 is 11.6 Å². The molecule has 0 saturated carbocycles. The van der Waals surface area contributed by atoms with Crippen LogP contribution in [-0.4, -0.2) is 5.91 Å². The first-order valence-electron chi connectivity index (χ1n) is 5.29. The number of nitrogens with zero attached hydrogens (tertiary/aromatic N) is 2. The maximum absolute atomic E-state index is 11.8. The molecule has 1 aromatic carbocycles. The Labute approximate surface area is 100 Å². The monoisotopic (exact) mass is 227 g/mol. The molecule has 0 bridgehead atoms. The summed E-state index contributed by atoms with van der Waals surface area (Å²) in [6.07, 6.45) is 0. The van der Waals surface area contributed by atoms with Gasteiger partial charge in [-0.1, -0.05) is 26.0 Å². The topological polar surface area (TPSA) is 76.7 Å². The van der Waals surface area contributed by atoms with Gasteiger partial charge in [-0.25, -0.2) is 0 Å². The molecular weight excluding hydrogens is 214 g/mol. The number of carbonyl (C=O) groups excluding carboxylic acids is 1. The second-order valence-corrected chi connectivity index (χ2v) is 4.00. The average molecular weight is 227 g/mol. The van der Waals surface area contributed by atoms with E-state index in [1.807, 2.05) is 26.0 Å². The molecule has 4 nitrogen and oxygen atoms in total. The third-order valence-corrected chi connectivity index (χ3v) is 2.39. The minimum absolute atomic E-state index is 0.0609. The second-order valence-electron chi connectivity index (χ2n) is 4.00. The predicted octanol–water partition coefficient (Wildman–Crippen LogP) is 2.29. The Kier molecular flexibility index (Phi) is 4.25.